The number of hydrogen-bond acceptors (Lipinski definition) is 8. The highest BCUT2D eigenvalue weighted by molar-refractivity contribution is 5.66. The van der Waals surface area contributed by atoms with E-state index in [1.54, 1.807) is 0 Å². The first-order chi connectivity index (χ1) is 18.4. The summed E-state index contributed by atoms with van der Waals surface area (Å²) in [4.78, 5) is 24.3. The number of methoxy groups -OCH3 is 1. The molecular formula is C31H46O8. The first-order valence-electron chi connectivity index (χ1n) is 14.9. The predicted molar refractivity (Wildman–Crippen MR) is 141 cm³/mol. The van der Waals surface area contributed by atoms with E-state index in [-0.39, 0.29) is 64.8 Å². The van der Waals surface area contributed by atoms with Crippen LogP contribution in [0.25, 0.3) is 0 Å². The van der Waals surface area contributed by atoms with Crippen LogP contribution < -0.4 is 0 Å². The second-order valence-corrected chi connectivity index (χ2v) is 14.4. The first-order valence-corrected chi connectivity index (χ1v) is 14.9. The number of ether oxygens (including phenoxy) is 6. The molecule has 6 aliphatic rings. The Balaban J connectivity index is 1.30. The molecule has 8 nitrogen and oxygen atoms in total. The maximum absolute atomic E-state index is 12.5. The normalized spacial score (nSPS) is 46.9. The Hall–Kier alpha value is -1.64. The third-order valence-electron chi connectivity index (χ3n) is 11.6. The SMILES string of the molecule is COC(=O)O[C@@H]1C=C2C[C@@H](OC(C)=O)[C@@H]3O[C@@H]3[C@]2(C)[C@H]2CC[C@]3(C)[C@@H](C(C)C4OCC(C)(C)CO4)CC[C@H]3[C@H]12. The molecular weight excluding hydrogens is 500 g/mol. The van der Waals surface area contributed by atoms with E-state index in [0.29, 0.717) is 24.2 Å². The third kappa shape index (κ3) is 4.35. The lowest BCUT2D eigenvalue weighted by atomic mass is 9.46. The summed E-state index contributed by atoms with van der Waals surface area (Å²) in [5, 5.41) is 0. The molecule has 8 heteroatoms. The average Bonchev–Trinajstić information content (AvgIpc) is 3.61. The van der Waals surface area contributed by atoms with Gasteiger partial charge < -0.3 is 28.4 Å². The van der Waals surface area contributed by atoms with Gasteiger partial charge in [-0.15, -0.1) is 0 Å². The lowest BCUT2D eigenvalue weighted by Gasteiger charge is -2.59. The lowest BCUT2D eigenvalue weighted by molar-refractivity contribution is -0.253. The number of hydrogen-bond donors (Lipinski definition) is 0. The minimum Gasteiger partial charge on any atom is -0.459 e. The Labute approximate surface area is 232 Å². The van der Waals surface area contributed by atoms with Crippen molar-refractivity contribution in [1.82, 2.24) is 0 Å². The molecule has 0 N–H and O–H groups in total. The van der Waals surface area contributed by atoms with Gasteiger partial charge in [0.05, 0.1) is 26.4 Å². The van der Waals surface area contributed by atoms with Gasteiger partial charge in [-0.05, 0) is 54.9 Å². The van der Waals surface area contributed by atoms with E-state index in [0.717, 1.165) is 38.9 Å². The fourth-order valence-electron chi connectivity index (χ4n) is 9.68. The highest BCUT2D eigenvalue weighted by Gasteiger charge is 2.70. The predicted octanol–water partition coefficient (Wildman–Crippen LogP) is 5.28. The summed E-state index contributed by atoms with van der Waals surface area (Å²) < 4.78 is 35.4. The Morgan fingerprint density at radius 1 is 1.03 bits per heavy atom. The highest BCUT2D eigenvalue weighted by Crippen LogP contribution is 2.70. The van der Waals surface area contributed by atoms with Crippen molar-refractivity contribution in [3.63, 3.8) is 0 Å². The van der Waals surface area contributed by atoms with Gasteiger partial charge in [0, 0.05) is 36.0 Å². The molecule has 2 saturated heterocycles. The second kappa shape index (κ2) is 9.45. The van der Waals surface area contributed by atoms with E-state index in [1.807, 2.05) is 0 Å². The van der Waals surface area contributed by atoms with E-state index < -0.39 is 6.16 Å². The monoisotopic (exact) mass is 546 g/mol. The number of epoxide rings is 1. The van der Waals surface area contributed by atoms with Gasteiger partial charge in [0.15, 0.2) is 6.29 Å². The molecule has 5 fully saturated rings. The highest BCUT2D eigenvalue weighted by atomic mass is 16.7. The zero-order chi connectivity index (χ0) is 27.9. The van der Waals surface area contributed by atoms with Crippen LogP contribution >= 0.6 is 0 Å². The summed E-state index contributed by atoms with van der Waals surface area (Å²) in [5.41, 5.74) is 1.18. The van der Waals surface area contributed by atoms with Crippen LogP contribution in [0.15, 0.2) is 11.6 Å². The maximum Gasteiger partial charge on any atom is 0.508 e. The van der Waals surface area contributed by atoms with Gasteiger partial charge in [0.25, 0.3) is 0 Å². The lowest BCUT2D eigenvalue weighted by Crippen LogP contribution is -2.58. The number of esters is 1. The van der Waals surface area contributed by atoms with E-state index in [9.17, 15) is 9.59 Å². The standard InChI is InChI=1S/C31H46O8/c1-16(27-35-14-29(3,4)15-36-27)19-8-9-20-24-21(10-11-30(19,20)5)31(6)18(12-22(24)38-28(33)34-7)13-23(37-17(2)32)25-26(31)39-25/h12,16,19-27H,8-11,13-15H2,1-7H3/t16?,19-,20+,21+,22-,23-,24+,25+,26+,30-,31+/m1/s1. The van der Waals surface area contributed by atoms with Crippen molar-refractivity contribution in [2.75, 3.05) is 20.3 Å². The van der Waals surface area contributed by atoms with Gasteiger partial charge in [-0.3, -0.25) is 4.79 Å². The van der Waals surface area contributed by atoms with Crippen LogP contribution in [0, 0.1) is 45.8 Å². The zero-order valence-electron chi connectivity index (χ0n) is 24.6. The van der Waals surface area contributed by atoms with Crippen molar-refractivity contribution in [3.8, 4) is 0 Å². The van der Waals surface area contributed by atoms with Crippen molar-refractivity contribution in [3.05, 3.63) is 11.6 Å². The molecule has 1 unspecified atom stereocenters. The molecule has 0 spiro atoms. The average molecular weight is 547 g/mol. The largest absolute Gasteiger partial charge is 0.508 e. The van der Waals surface area contributed by atoms with Gasteiger partial charge in [0.2, 0.25) is 0 Å². The summed E-state index contributed by atoms with van der Waals surface area (Å²) in [6, 6.07) is 0. The van der Waals surface area contributed by atoms with Crippen molar-refractivity contribution in [2.24, 2.45) is 45.8 Å². The summed E-state index contributed by atoms with van der Waals surface area (Å²) >= 11 is 0. The maximum atomic E-state index is 12.5. The number of carbonyl (C=O) groups is 2. The molecule has 6 rings (SSSR count). The molecule has 0 radical (unpaired) electrons. The molecule has 3 saturated carbocycles. The third-order valence-corrected chi connectivity index (χ3v) is 11.6. The Kier molecular flexibility index (Phi) is 6.67. The minimum atomic E-state index is -0.645. The van der Waals surface area contributed by atoms with Crippen molar-refractivity contribution in [1.29, 1.82) is 0 Å². The molecule has 0 aromatic carbocycles. The fourth-order valence-corrected chi connectivity index (χ4v) is 9.68. The Morgan fingerprint density at radius 2 is 1.74 bits per heavy atom. The van der Waals surface area contributed by atoms with E-state index >= 15 is 0 Å². The van der Waals surface area contributed by atoms with Crippen molar-refractivity contribution < 1.29 is 38.0 Å². The quantitative estimate of drug-likeness (QED) is 0.267. The van der Waals surface area contributed by atoms with Crippen LogP contribution in [0.3, 0.4) is 0 Å². The van der Waals surface area contributed by atoms with E-state index in [4.69, 9.17) is 28.4 Å². The van der Waals surface area contributed by atoms with E-state index in [2.05, 4.69) is 40.7 Å². The molecule has 2 aliphatic heterocycles. The van der Waals surface area contributed by atoms with Crippen molar-refractivity contribution in [2.45, 2.75) is 104 Å². The summed E-state index contributed by atoms with van der Waals surface area (Å²) in [5.74, 6) is 1.36. The number of fused-ring (bicyclic) bond motifs is 7. The van der Waals surface area contributed by atoms with Gasteiger partial charge >= 0.3 is 12.1 Å². The molecule has 218 valence electrons. The zero-order valence-corrected chi connectivity index (χ0v) is 24.6. The van der Waals surface area contributed by atoms with Crippen LogP contribution in [0.4, 0.5) is 4.79 Å². The van der Waals surface area contributed by atoms with E-state index in [1.165, 1.54) is 19.6 Å². The van der Waals surface area contributed by atoms with Crippen LogP contribution in [-0.2, 0) is 33.2 Å². The molecule has 11 atom stereocenters. The second-order valence-electron chi connectivity index (χ2n) is 14.4. The smallest absolute Gasteiger partial charge is 0.459 e. The van der Waals surface area contributed by atoms with Gasteiger partial charge in [-0.1, -0.05) is 40.2 Å². The van der Waals surface area contributed by atoms with Gasteiger partial charge in [-0.2, -0.15) is 0 Å². The summed E-state index contributed by atoms with van der Waals surface area (Å²) in [6.45, 7) is 14.3. The molecule has 39 heavy (non-hydrogen) atoms. The molecule has 0 aromatic rings. The van der Waals surface area contributed by atoms with Gasteiger partial charge in [0.1, 0.15) is 18.3 Å². The summed E-state index contributed by atoms with van der Waals surface area (Å²) in [6.07, 6.45) is 5.65. The fraction of sp³-hybridized carbons (Fsp3) is 0.871. The Morgan fingerprint density at radius 3 is 2.41 bits per heavy atom. The molecule has 0 bridgehead atoms. The number of rotatable bonds is 4. The molecule has 4 aliphatic carbocycles. The minimum absolute atomic E-state index is 0.0290. The van der Waals surface area contributed by atoms with Crippen molar-refractivity contribution >= 4 is 12.1 Å². The van der Waals surface area contributed by atoms with Crippen LogP contribution in [-0.4, -0.2) is 63.2 Å². The summed E-state index contributed by atoms with van der Waals surface area (Å²) in [7, 11) is 1.36. The molecule has 0 amide bonds. The first kappa shape index (κ1) is 27.5. The number of carbonyl (C=O) groups excluding carboxylic acids is 2. The van der Waals surface area contributed by atoms with Crippen LogP contribution in [0.5, 0.6) is 0 Å². The van der Waals surface area contributed by atoms with Crippen LogP contribution in [0.1, 0.15) is 73.6 Å². The molecule has 2 heterocycles. The van der Waals surface area contributed by atoms with Crippen LogP contribution in [0.2, 0.25) is 0 Å². The Bertz CT molecular complexity index is 1030. The molecule has 0 aromatic heterocycles. The van der Waals surface area contributed by atoms with Gasteiger partial charge in [-0.25, -0.2) is 4.79 Å². The topological polar surface area (TPSA) is 92.8 Å².